The summed E-state index contributed by atoms with van der Waals surface area (Å²) in [6.07, 6.45) is 5.25. The molecule has 2 N–H and O–H groups in total. The molecule has 0 bridgehead atoms. The van der Waals surface area contributed by atoms with E-state index in [9.17, 15) is 4.79 Å². The summed E-state index contributed by atoms with van der Waals surface area (Å²) in [6, 6.07) is 13.9. The molecule has 0 aromatic heterocycles. The van der Waals surface area contributed by atoms with E-state index in [2.05, 4.69) is 31.8 Å². The first-order valence-electron chi connectivity index (χ1n) is 7.60. The third-order valence-electron chi connectivity index (χ3n) is 3.42. The van der Waals surface area contributed by atoms with E-state index in [4.69, 9.17) is 0 Å². The number of amides is 1. The molecule has 2 rings (SSSR count). The quantitative estimate of drug-likeness (QED) is 0.575. The molecule has 0 radical (unpaired) electrons. The molecule has 0 aliphatic rings. The molecule has 0 unspecified atom stereocenters. The van der Waals surface area contributed by atoms with E-state index in [1.807, 2.05) is 62.4 Å². The third-order valence-corrected chi connectivity index (χ3v) is 3.94. The van der Waals surface area contributed by atoms with Crippen molar-refractivity contribution in [2.75, 3.05) is 11.9 Å². The zero-order chi connectivity index (χ0) is 17.4. The van der Waals surface area contributed by atoms with Crippen molar-refractivity contribution in [1.82, 2.24) is 5.43 Å². The summed E-state index contributed by atoms with van der Waals surface area (Å²) in [5.41, 5.74) is 6.78. The van der Waals surface area contributed by atoms with Gasteiger partial charge in [0, 0.05) is 16.4 Å². The van der Waals surface area contributed by atoms with Crippen LogP contribution >= 0.6 is 15.9 Å². The van der Waals surface area contributed by atoms with Crippen LogP contribution in [0.15, 0.2) is 58.1 Å². The Bertz CT molecular complexity index is 731. The van der Waals surface area contributed by atoms with Gasteiger partial charge in [-0.05, 0) is 48.7 Å². The Hall–Kier alpha value is -2.40. The maximum absolute atomic E-state index is 11.8. The lowest BCUT2D eigenvalue weighted by Gasteiger charge is -2.11. The summed E-state index contributed by atoms with van der Waals surface area (Å²) >= 11 is 3.39. The van der Waals surface area contributed by atoms with E-state index in [0.29, 0.717) is 0 Å². The average molecular weight is 386 g/mol. The number of hydrogen-bond donors (Lipinski definition) is 2. The molecule has 0 spiro atoms. The Labute approximate surface area is 150 Å². The number of halogens is 1. The number of hydrogen-bond acceptors (Lipinski definition) is 3. The Morgan fingerprint density at radius 2 is 1.79 bits per heavy atom. The van der Waals surface area contributed by atoms with Gasteiger partial charge in [-0.25, -0.2) is 5.43 Å². The summed E-state index contributed by atoms with van der Waals surface area (Å²) < 4.78 is 1.04. The largest absolute Gasteiger partial charge is 0.376 e. The van der Waals surface area contributed by atoms with Crippen molar-refractivity contribution in [2.45, 2.75) is 13.8 Å². The number of benzene rings is 2. The van der Waals surface area contributed by atoms with Crippen LogP contribution in [0.4, 0.5) is 5.69 Å². The Kier molecular flexibility index (Phi) is 6.75. The van der Waals surface area contributed by atoms with Crippen molar-refractivity contribution in [3.05, 3.63) is 69.7 Å². The van der Waals surface area contributed by atoms with Crippen molar-refractivity contribution in [2.24, 2.45) is 5.10 Å². The van der Waals surface area contributed by atoms with Crippen LogP contribution in [0.1, 0.15) is 16.7 Å². The van der Waals surface area contributed by atoms with Crippen LogP contribution in [-0.2, 0) is 4.79 Å². The van der Waals surface area contributed by atoms with Crippen LogP contribution in [0.2, 0.25) is 0 Å². The van der Waals surface area contributed by atoms with Gasteiger partial charge in [0.1, 0.15) is 0 Å². The number of hydrazone groups is 1. The second kappa shape index (κ2) is 9.03. The van der Waals surface area contributed by atoms with Gasteiger partial charge >= 0.3 is 0 Å². The second-order valence-electron chi connectivity index (χ2n) is 5.34. The lowest BCUT2D eigenvalue weighted by Crippen LogP contribution is -2.26. The molecule has 0 aliphatic heterocycles. The van der Waals surface area contributed by atoms with E-state index in [0.717, 1.165) is 26.9 Å². The van der Waals surface area contributed by atoms with Crippen molar-refractivity contribution >= 4 is 39.8 Å². The zero-order valence-electron chi connectivity index (χ0n) is 13.7. The summed E-state index contributed by atoms with van der Waals surface area (Å²) in [5.74, 6) is -0.189. The highest BCUT2D eigenvalue weighted by molar-refractivity contribution is 9.10. The van der Waals surface area contributed by atoms with Crippen LogP contribution in [-0.4, -0.2) is 18.7 Å². The van der Waals surface area contributed by atoms with E-state index in [-0.39, 0.29) is 12.5 Å². The summed E-state index contributed by atoms with van der Waals surface area (Å²) in [5, 5.41) is 7.05. The molecule has 24 heavy (non-hydrogen) atoms. The Morgan fingerprint density at radius 3 is 2.46 bits per heavy atom. The lowest BCUT2D eigenvalue weighted by atomic mass is 10.1. The smallest absolute Gasteiger partial charge is 0.259 e. The number of nitrogens with one attached hydrogen (secondary N) is 2. The highest BCUT2D eigenvalue weighted by atomic mass is 79.9. The van der Waals surface area contributed by atoms with E-state index in [1.165, 1.54) is 0 Å². The second-order valence-corrected chi connectivity index (χ2v) is 6.26. The van der Waals surface area contributed by atoms with E-state index >= 15 is 0 Å². The Balaban J connectivity index is 1.77. The van der Waals surface area contributed by atoms with Crippen LogP contribution < -0.4 is 10.7 Å². The van der Waals surface area contributed by atoms with Gasteiger partial charge in [-0.1, -0.05) is 52.3 Å². The fraction of sp³-hybridized carbons (Fsp3) is 0.158. The van der Waals surface area contributed by atoms with Gasteiger partial charge in [-0.15, -0.1) is 0 Å². The van der Waals surface area contributed by atoms with E-state index in [1.54, 1.807) is 12.3 Å². The SMILES string of the molecule is Cc1cccc(C)c1NCC(=O)N/N=C\C=C\c1ccc(Br)cc1. The standard InChI is InChI=1S/C19H20BrN3O/c1-14-5-3-6-15(2)19(14)21-13-18(24)23-22-12-4-7-16-8-10-17(20)11-9-16/h3-12,21H,13H2,1-2H3,(H,23,24)/b7-4+,22-12-. The first-order chi connectivity index (χ1) is 11.6. The number of carbonyl (C=O) groups excluding carboxylic acids is 1. The zero-order valence-corrected chi connectivity index (χ0v) is 15.3. The molecule has 0 atom stereocenters. The molecule has 0 saturated carbocycles. The van der Waals surface area contributed by atoms with Crippen LogP contribution in [0.25, 0.3) is 6.08 Å². The minimum atomic E-state index is -0.189. The van der Waals surface area contributed by atoms with Gasteiger partial charge in [-0.3, -0.25) is 4.79 Å². The highest BCUT2D eigenvalue weighted by Gasteiger charge is 2.04. The molecule has 0 saturated heterocycles. The van der Waals surface area contributed by atoms with Crippen molar-refractivity contribution in [1.29, 1.82) is 0 Å². The van der Waals surface area contributed by atoms with E-state index < -0.39 is 0 Å². The van der Waals surface area contributed by atoms with Crippen molar-refractivity contribution in [3.63, 3.8) is 0 Å². The topological polar surface area (TPSA) is 53.5 Å². The molecular weight excluding hydrogens is 366 g/mol. The van der Waals surface area contributed by atoms with Crippen LogP contribution in [0.5, 0.6) is 0 Å². The monoisotopic (exact) mass is 385 g/mol. The predicted octanol–water partition coefficient (Wildman–Crippen LogP) is 4.29. The fourth-order valence-corrected chi connectivity index (χ4v) is 2.45. The number of para-hydroxylation sites is 1. The molecule has 124 valence electrons. The average Bonchev–Trinajstić information content (AvgIpc) is 2.56. The minimum Gasteiger partial charge on any atom is -0.376 e. The first-order valence-corrected chi connectivity index (χ1v) is 8.40. The van der Waals surface area contributed by atoms with Gasteiger partial charge in [0.2, 0.25) is 0 Å². The maximum Gasteiger partial charge on any atom is 0.259 e. The molecule has 0 heterocycles. The highest BCUT2D eigenvalue weighted by Crippen LogP contribution is 2.18. The summed E-state index contributed by atoms with van der Waals surface area (Å²) in [7, 11) is 0. The molecule has 2 aromatic carbocycles. The third kappa shape index (κ3) is 5.66. The van der Waals surface area contributed by atoms with Gasteiger partial charge in [0.25, 0.3) is 5.91 Å². The molecule has 2 aromatic rings. The number of nitrogens with zero attached hydrogens (tertiary/aromatic N) is 1. The fourth-order valence-electron chi connectivity index (χ4n) is 2.18. The molecule has 5 heteroatoms. The normalized spacial score (nSPS) is 11.1. The number of aryl methyl sites for hydroxylation is 2. The van der Waals surface area contributed by atoms with Gasteiger partial charge in [0.15, 0.2) is 0 Å². The van der Waals surface area contributed by atoms with Gasteiger partial charge in [0.05, 0.1) is 6.54 Å². The number of anilines is 1. The van der Waals surface area contributed by atoms with Crippen LogP contribution in [0, 0.1) is 13.8 Å². The Morgan fingerprint density at radius 1 is 1.12 bits per heavy atom. The van der Waals surface area contributed by atoms with Crippen molar-refractivity contribution < 1.29 is 4.79 Å². The summed E-state index contributed by atoms with van der Waals surface area (Å²) in [6.45, 7) is 4.20. The molecule has 0 fully saturated rings. The van der Waals surface area contributed by atoms with Gasteiger partial charge in [-0.2, -0.15) is 5.10 Å². The molecule has 4 nitrogen and oxygen atoms in total. The molecule has 1 amide bonds. The molecule has 0 aliphatic carbocycles. The van der Waals surface area contributed by atoms with Gasteiger partial charge < -0.3 is 5.32 Å². The molecular formula is C19H20BrN3O. The maximum atomic E-state index is 11.8. The van der Waals surface area contributed by atoms with Crippen molar-refractivity contribution in [3.8, 4) is 0 Å². The minimum absolute atomic E-state index is 0.180. The lowest BCUT2D eigenvalue weighted by molar-refractivity contribution is -0.119. The predicted molar refractivity (Wildman–Crippen MR) is 104 cm³/mol. The summed E-state index contributed by atoms with van der Waals surface area (Å²) in [4.78, 5) is 11.8. The first kappa shape index (κ1) is 17.9. The number of rotatable bonds is 6. The van der Waals surface area contributed by atoms with Crippen LogP contribution in [0.3, 0.4) is 0 Å². The number of carbonyl (C=O) groups is 1. The number of allylic oxidation sites excluding steroid dienone is 1.